The van der Waals surface area contributed by atoms with E-state index in [1.807, 2.05) is 6.08 Å². The zero-order chi connectivity index (χ0) is 16.1. The number of nitrogens with two attached hydrogens (primary N) is 1. The minimum Gasteiger partial charge on any atom is -0.380 e. The number of unbranched alkanes of at least 4 members (excludes halogenated alkanes) is 10. The molecule has 0 aromatic heterocycles. The van der Waals surface area contributed by atoms with Gasteiger partial charge in [0.05, 0.1) is 6.61 Å². The molecule has 0 bridgehead atoms. The average Bonchev–Trinajstić information content (AvgIpc) is 2.54. The van der Waals surface area contributed by atoms with Crippen LogP contribution in [0.2, 0.25) is 0 Å². The van der Waals surface area contributed by atoms with Gasteiger partial charge in [0.1, 0.15) is 0 Å². The topological polar surface area (TPSA) is 35.2 Å². The van der Waals surface area contributed by atoms with Crippen LogP contribution in [0.5, 0.6) is 0 Å². The number of hydrogen-bond donors (Lipinski definition) is 1. The lowest BCUT2D eigenvalue weighted by Gasteiger charge is -2.01. The summed E-state index contributed by atoms with van der Waals surface area (Å²) < 4.78 is 5.35. The van der Waals surface area contributed by atoms with E-state index in [-0.39, 0.29) is 0 Å². The Hall–Kier alpha value is -0.820. The fourth-order valence-electron chi connectivity index (χ4n) is 2.30. The smallest absolute Gasteiger partial charge is 0.0588 e. The Balaban J connectivity index is 3.16. The van der Waals surface area contributed by atoms with Crippen LogP contribution in [0.15, 0.2) is 30.5 Å². The van der Waals surface area contributed by atoms with E-state index in [9.17, 15) is 0 Å². The Morgan fingerprint density at radius 1 is 0.727 bits per heavy atom. The summed E-state index contributed by atoms with van der Waals surface area (Å²) in [5, 5.41) is 0. The van der Waals surface area contributed by atoms with Crippen LogP contribution in [-0.4, -0.2) is 19.8 Å². The first-order valence-corrected chi connectivity index (χ1v) is 9.20. The molecule has 0 aromatic rings. The van der Waals surface area contributed by atoms with E-state index in [1.165, 1.54) is 64.2 Å². The first kappa shape index (κ1) is 21.2. The molecule has 2 nitrogen and oxygen atoms in total. The maximum Gasteiger partial charge on any atom is 0.0588 e. The van der Waals surface area contributed by atoms with Crippen molar-refractivity contribution >= 4 is 0 Å². The van der Waals surface area contributed by atoms with E-state index >= 15 is 0 Å². The first-order valence-electron chi connectivity index (χ1n) is 9.20. The zero-order valence-corrected chi connectivity index (χ0v) is 14.5. The van der Waals surface area contributed by atoms with Gasteiger partial charge in [-0.2, -0.15) is 0 Å². The Morgan fingerprint density at radius 2 is 1.27 bits per heavy atom. The summed E-state index contributed by atoms with van der Waals surface area (Å²) in [5.74, 6) is 0. The standard InChI is InChI=1S/C20H37NO/c1-2-3-4-5-6-7-8-9-10-11-12-13-14-15-16-17-19-22-20-18-21/h2,10,12H,1,3-9,13-21H2. The third kappa shape index (κ3) is 19.2. The SMILES string of the molecule is C=CCCCCCCCC=C=CCCCCCCOCCN. The van der Waals surface area contributed by atoms with Crippen LogP contribution < -0.4 is 5.73 Å². The van der Waals surface area contributed by atoms with Crippen LogP contribution >= 0.6 is 0 Å². The van der Waals surface area contributed by atoms with Crippen molar-refractivity contribution in [2.75, 3.05) is 19.8 Å². The third-order valence-electron chi connectivity index (χ3n) is 3.64. The monoisotopic (exact) mass is 307 g/mol. The van der Waals surface area contributed by atoms with Crippen molar-refractivity contribution in [2.24, 2.45) is 5.73 Å². The molecule has 0 atom stereocenters. The van der Waals surface area contributed by atoms with Gasteiger partial charge in [-0.3, -0.25) is 0 Å². The van der Waals surface area contributed by atoms with Crippen molar-refractivity contribution < 1.29 is 4.74 Å². The summed E-state index contributed by atoms with van der Waals surface area (Å²) in [5.41, 5.74) is 8.67. The van der Waals surface area contributed by atoms with Crippen molar-refractivity contribution in [2.45, 2.75) is 77.0 Å². The predicted octanol–water partition coefficient (Wildman–Crippen LogP) is 5.54. The quantitative estimate of drug-likeness (QED) is 0.217. The molecule has 2 N–H and O–H groups in total. The van der Waals surface area contributed by atoms with Gasteiger partial charge in [-0.15, -0.1) is 12.3 Å². The normalized spacial score (nSPS) is 10.2. The molecule has 2 heteroatoms. The van der Waals surface area contributed by atoms with Gasteiger partial charge in [0.15, 0.2) is 0 Å². The van der Waals surface area contributed by atoms with Crippen LogP contribution in [0.3, 0.4) is 0 Å². The molecule has 0 radical (unpaired) electrons. The second-order valence-electron chi connectivity index (χ2n) is 5.81. The van der Waals surface area contributed by atoms with Gasteiger partial charge in [-0.05, 0) is 57.1 Å². The largest absolute Gasteiger partial charge is 0.380 e. The van der Waals surface area contributed by atoms with Gasteiger partial charge in [-0.1, -0.05) is 38.2 Å². The maximum atomic E-state index is 5.36. The Bertz CT molecular complexity index is 279. The molecule has 0 aliphatic rings. The highest BCUT2D eigenvalue weighted by Gasteiger charge is 1.90. The number of ether oxygens (including phenoxy) is 1. The van der Waals surface area contributed by atoms with Gasteiger partial charge >= 0.3 is 0 Å². The molecular weight excluding hydrogens is 270 g/mol. The minimum atomic E-state index is 0.631. The van der Waals surface area contributed by atoms with Crippen molar-refractivity contribution in [1.82, 2.24) is 0 Å². The van der Waals surface area contributed by atoms with Gasteiger partial charge < -0.3 is 10.5 Å². The second kappa shape index (κ2) is 20.2. The number of rotatable bonds is 17. The molecule has 0 unspecified atom stereocenters. The summed E-state index contributed by atoms with van der Waals surface area (Å²) in [6.07, 6.45) is 21.5. The van der Waals surface area contributed by atoms with Crippen molar-refractivity contribution in [1.29, 1.82) is 0 Å². The van der Waals surface area contributed by atoms with E-state index in [0.29, 0.717) is 13.2 Å². The molecule has 0 saturated heterocycles. The lowest BCUT2D eigenvalue weighted by Crippen LogP contribution is -2.08. The predicted molar refractivity (Wildman–Crippen MR) is 98.1 cm³/mol. The first-order chi connectivity index (χ1) is 10.9. The van der Waals surface area contributed by atoms with Crippen LogP contribution in [0, 0.1) is 0 Å². The van der Waals surface area contributed by atoms with Crippen LogP contribution in [0.25, 0.3) is 0 Å². The lowest BCUT2D eigenvalue weighted by molar-refractivity contribution is 0.137. The maximum absolute atomic E-state index is 5.36. The molecule has 0 aromatic carbocycles. The van der Waals surface area contributed by atoms with E-state index in [4.69, 9.17) is 10.5 Å². The Labute approximate surface area is 138 Å². The lowest BCUT2D eigenvalue weighted by atomic mass is 10.1. The van der Waals surface area contributed by atoms with Crippen molar-refractivity contribution in [3.63, 3.8) is 0 Å². The van der Waals surface area contributed by atoms with Gasteiger partial charge in [0, 0.05) is 13.2 Å². The van der Waals surface area contributed by atoms with E-state index in [0.717, 1.165) is 19.4 Å². The van der Waals surface area contributed by atoms with Crippen LogP contribution in [-0.2, 0) is 4.74 Å². The summed E-state index contributed by atoms with van der Waals surface area (Å²) in [6, 6.07) is 0. The summed E-state index contributed by atoms with van der Waals surface area (Å²) >= 11 is 0. The highest BCUT2D eigenvalue weighted by Crippen LogP contribution is 2.07. The second-order valence-corrected chi connectivity index (χ2v) is 5.81. The van der Waals surface area contributed by atoms with Gasteiger partial charge in [0.25, 0.3) is 0 Å². The van der Waals surface area contributed by atoms with Crippen LogP contribution in [0.1, 0.15) is 77.0 Å². The minimum absolute atomic E-state index is 0.631. The molecule has 0 aliphatic heterocycles. The third-order valence-corrected chi connectivity index (χ3v) is 3.64. The molecule has 0 rings (SSSR count). The van der Waals surface area contributed by atoms with Crippen LogP contribution in [0.4, 0.5) is 0 Å². The Kier molecular flexibility index (Phi) is 19.4. The van der Waals surface area contributed by atoms with Gasteiger partial charge in [-0.25, -0.2) is 0 Å². The number of hydrogen-bond acceptors (Lipinski definition) is 2. The van der Waals surface area contributed by atoms with E-state index in [2.05, 4.69) is 24.5 Å². The molecule has 0 fully saturated rings. The molecule has 0 aliphatic carbocycles. The summed E-state index contributed by atoms with van der Waals surface area (Å²) in [6.45, 7) is 5.94. The molecule has 0 amide bonds. The fraction of sp³-hybridized carbons (Fsp3) is 0.750. The van der Waals surface area contributed by atoms with Gasteiger partial charge in [0.2, 0.25) is 0 Å². The Morgan fingerprint density at radius 3 is 1.86 bits per heavy atom. The number of allylic oxidation sites excluding steroid dienone is 2. The summed E-state index contributed by atoms with van der Waals surface area (Å²) in [4.78, 5) is 0. The molecule has 0 spiro atoms. The average molecular weight is 308 g/mol. The summed E-state index contributed by atoms with van der Waals surface area (Å²) in [7, 11) is 0. The van der Waals surface area contributed by atoms with Crippen molar-refractivity contribution in [3.8, 4) is 0 Å². The molecule has 128 valence electrons. The zero-order valence-electron chi connectivity index (χ0n) is 14.5. The molecular formula is C20H37NO. The van der Waals surface area contributed by atoms with Crippen molar-refractivity contribution in [3.05, 3.63) is 30.5 Å². The molecule has 0 heterocycles. The van der Waals surface area contributed by atoms with E-state index in [1.54, 1.807) is 0 Å². The highest BCUT2D eigenvalue weighted by atomic mass is 16.5. The fourth-order valence-corrected chi connectivity index (χ4v) is 2.30. The molecule has 0 saturated carbocycles. The van der Waals surface area contributed by atoms with E-state index < -0.39 is 0 Å². The highest BCUT2D eigenvalue weighted by molar-refractivity contribution is 4.84. The molecule has 22 heavy (non-hydrogen) atoms.